The molecule has 0 bridgehead atoms. The van der Waals surface area contributed by atoms with Crippen LogP contribution in [0.15, 0.2) is 0 Å². The van der Waals surface area contributed by atoms with Crippen molar-refractivity contribution in [2.45, 2.75) is 0 Å². The SMILES string of the molecule is F.F.F.F.F.F.[H-].[H-].[K+].[K+].[Zr]. The molecule has 0 amide bonds. The van der Waals surface area contributed by atoms with Crippen LogP contribution in [0.3, 0.4) is 0 Å². The van der Waals surface area contributed by atoms with Gasteiger partial charge in [-0.05, 0) is 0 Å². The van der Waals surface area contributed by atoms with Crippen LogP contribution in [-0.4, -0.2) is 0 Å². The minimum absolute atomic E-state index is 0. The minimum atomic E-state index is 0. The van der Waals surface area contributed by atoms with Crippen LogP contribution >= 0.6 is 0 Å². The number of halogens is 6. The summed E-state index contributed by atoms with van der Waals surface area (Å²) in [5.74, 6) is 0. The van der Waals surface area contributed by atoms with Gasteiger partial charge in [0.25, 0.3) is 0 Å². The Kier molecular flexibility index (Phi) is 1350. The molecule has 0 radical (unpaired) electrons. The van der Waals surface area contributed by atoms with E-state index in [0.717, 1.165) is 0 Å². The first kappa shape index (κ1) is 126. The molecule has 0 saturated carbocycles. The minimum Gasteiger partial charge on any atom is -1.00 e. The molecule has 0 aliphatic carbocycles. The number of hydrogen-bond donors (Lipinski definition) is 0. The molecule has 0 rings (SSSR count). The van der Waals surface area contributed by atoms with Crippen molar-refractivity contribution in [3.63, 3.8) is 0 Å². The van der Waals surface area contributed by atoms with Crippen molar-refractivity contribution in [3.8, 4) is 0 Å². The van der Waals surface area contributed by atoms with Gasteiger partial charge in [-0.2, -0.15) is 0 Å². The summed E-state index contributed by atoms with van der Waals surface area (Å²) in [6.45, 7) is 0. The standard InChI is InChI=1S/6FH.2K.Zr.2H/h6*1H;;;;;/q;;;;;;2*+1;;2*-1. The van der Waals surface area contributed by atoms with E-state index in [4.69, 9.17) is 0 Å². The molecular weight excluding hydrogens is 283 g/mol. The van der Waals surface area contributed by atoms with Crippen molar-refractivity contribution >= 4 is 0 Å². The summed E-state index contributed by atoms with van der Waals surface area (Å²) in [4.78, 5) is 0. The first-order chi connectivity index (χ1) is 0. The largest absolute Gasteiger partial charge is 1.00 e. The van der Waals surface area contributed by atoms with Gasteiger partial charge in [0, 0.05) is 26.2 Å². The van der Waals surface area contributed by atoms with E-state index in [1.165, 1.54) is 0 Å². The van der Waals surface area contributed by atoms with E-state index in [9.17, 15) is 0 Å². The smallest absolute Gasteiger partial charge is 1.00 e. The van der Waals surface area contributed by atoms with Gasteiger partial charge in [-0.1, -0.05) is 0 Å². The fourth-order valence-electron chi connectivity index (χ4n) is 0. The van der Waals surface area contributed by atoms with Crippen molar-refractivity contribution in [1.82, 2.24) is 0 Å². The predicted molar refractivity (Wildman–Crippen MR) is 17.2 cm³/mol. The summed E-state index contributed by atoms with van der Waals surface area (Å²) in [6, 6.07) is 0. The second kappa shape index (κ2) is 96.9. The second-order valence-electron chi connectivity index (χ2n) is 0. The zero-order chi connectivity index (χ0) is 0. The van der Waals surface area contributed by atoms with E-state index in [1.807, 2.05) is 0 Å². The van der Waals surface area contributed by atoms with Gasteiger partial charge in [-0.15, -0.1) is 0 Å². The monoisotopic (exact) mass is 290 g/mol. The molecule has 0 nitrogen and oxygen atoms in total. The zero-order valence-electron chi connectivity index (χ0n) is 6.95. The van der Waals surface area contributed by atoms with Gasteiger partial charge in [0.15, 0.2) is 0 Å². The molecule has 0 aromatic heterocycles. The molecule has 9 heavy (non-hydrogen) atoms. The molecule has 0 unspecified atom stereocenters. The summed E-state index contributed by atoms with van der Waals surface area (Å²) in [5.41, 5.74) is 0. The Morgan fingerprint density at radius 1 is 0.444 bits per heavy atom. The van der Waals surface area contributed by atoms with Crippen molar-refractivity contribution in [2.75, 3.05) is 0 Å². The first-order valence-corrected chi connectivity index (χ1v) is 0. The molecule has 0 aromatic carbocycles. The summed E-state index contributed by atoms with van der Waals surface area (Å²) in [6.07, 6.45) is 0. The van der Waals surface area contributed by atoms with E-state index < -0.39 is 0 Å². The average molecular weight is 291 g/mol. The second-order valence-corrected chi connectivity index (χ2v) is 0. The molecule has 0 saturated heterocycles. The Hall–Kier alpha value is 3.74. The van der Waals surface area contributed by atoms with Gasteiger partial charge < -0.3 is 2.85 Å². The van der Waals surface area contributed by atoms with Gasteiger partial charge >= 0.3 is 103 Å². The maximum atomic E-state index is 0. The summed E-state index contributed by atoms with van der Waals surface area (Å²) >= 11 is 0. The summed E-state index contributed by atoms with van der Waals surface area (Å²) < 4.78 is 0. The molecule has 9 heteroatoms. The van der Waals surface area contributed by atoms with Crippen LogP contribution in [0.4, 0.5) is 28.2 Å². The normalized spacial score (nSPS) is 0. The molecule has 0 fully saturated rings. The van der Waals surface area contributed by atoms with Crippen LogP contribution in [0.2, 0.25) is 0 Å². The topological polar surface area (TPSA) is 0 Å². The average Bonchev–Trinajstić information content (AvgIpc) is 0. The molecule has 0 aliphatic rings. The molecular formula is H8F6K2Zr. The van der Waals surface area contributed by atoms with E-state index in [2.05, 4.69) is 0 Å². The third-order valence-corrected chi connectivity index (χ3v) is 0. The van der Waals surface area contributed by atoms with E-state index in [1.54, 1.807) is 0 Å². The zero-order valence-corrected chi connectivity index (χ0v) is 13.7. The van der Waals surface area contributed by atoms with Gasteiger partial charge in [0.2, 0.25) is 0 Å². The molecule has 0 heterocycles. The maximum absolute atomic E-state index is 0. The predicted octanol–water partition coefficient (Wildman–Crippen LogP) is -4.85. The molecule has 0 N–H and O–H groups in total. The van der Waals surface area contributed by atoms with Crippen molar-refractivity contribution in [2.24, 2.45) is 0 Å². The molecule has 0 spiro atoms. The fourth-order valence-corrected chi connectivity index (χ4v) is 0. The van der Waals surface area contributed by atoms with Crippen LogP contribution in [0, 0.1) is 0 Å². The van der Waals surface area contributed by atoms with Crippen molar-refractivity contribution < 1.29 is 160 Å². The molecule has 0 atom stereocenters. The Morgan fingerprint density at radius 2 is 0.444 bits per heavy atom. The third kappa shape index (κ3) is 79.7. The maximum Gasteiger partial charge on any atom is 1.00 e. The number of rotatable bonds is 0. The quantitative estimate of drug-likeness (QED) is 0.310. The van der Waals surface area contributed by atoms with Crippen LogP contribution in [0.5, 0.6) is 0 Å². The molecule has 56 valence electrons. The Bertz CT molecular complexity index is 18.5. The van der Waals surface area contributed by atoms with Crippen LogP contribution in [0.1, 0.15) is 2.85 Å². The van der Waals surface area contributed by atoms with Gasteiger partial charge in [0.1, 0.15) is 0 Å². The van der Waals surface area contributed by atoms with Crippen molar-refractivity contribution in [1.29, 1.82) is 0 Å². The van der Waals surface area contributed by atoms with Crippen LogP contribution in [-0.2, 0) is 26.2 Å². The first-order valence-electron chi connectivity index (χ1n) is 0. The molecule has 0 aromatic rings. The van der Waals surface area contributed by atoms with E-state index in [0.29, 0.717) is 0 Å². The van der Waals surface area contributed by atoms with Crippen LogP contribution < -0.4 is 103 Å². The van der Waals surface area contributed by atoms with Crippen LogP contribution in [0.25, 0.3) is 0 Å². The van der Waals surface area contributed by atoms with E-state index in [-0.39, 0.29) is 160 Å². The molecule has 0 aliphatic heterocycles. The van der Waals surface area contributed by atoms with Crippen molar-refractivity contribution in [3.05, 3.63) is 0 Å². The Labute approximate surface area is 156 Å². The Balaban J connectivity index is 0. The summed E-state index contributed by atoms with van der Waals surface area (Å²) in [7, 11) is 0. The fraction of sp³-hybridized carbons (Fsp3) is 0. The number of hydrogen-bond acceptors (Lipinski definition) is 0. The van der Waals surface area contributed by atoms with Gasteiger partial charge in [0.05, 0.1) is 0 Å². The van der Waals surface area contributed by atoms with Gasteiger partial charge in [-0.3, -0.25) is 28.2 Å². The summed E-state index contributed by atoms with van der Waals surface area (Å²) in [5, 5.41) is 0. The Morgan fingerprint density at radius 3 is 0.444 bits per heavy atom. The third-order valence-electron chi connectivity index (χ3n) is 0. The van der Waals surface area contributed by atoms with E-state index >= 15 is 0 Å². The van der Waals surface area contributed by atoms with Gasteiger partial charge in [-0.25, -0.2) is 0 Å².